The second-order valence-corrected chi connectivity index (χ2v) is 7.65. The van der Waals surface area contributed by atoms with Crippen molar-refractivity contribution in [1.29, 1.82) is 0 Å². The Morgan fingerprint density at radius 1 is 1.08 bits per heavy atom. The van der Waals surface area contributed by atoms with Crippen molar-refractivity contribution in [1.82, 2.24) is 4.31 Å². The molecule has 0 unspecified atom stereocenters. The van der Waals surface area contributed by atoms with Crippen molar-refractivity contribution in [2.24, 2.45) is 0 Å². The first-order valence-corrected chi connectivity index (χ1v) is 9.56. The number of methoxy groups -OCH3 is 1. The maximum atomic E-state index is 12.6. The van der Waals surface area contributed by atoms with Gasteiger partial charge in [0, 0.05) is 25.3 Å². The van der Waals surface area contributed by atoms with E-state index in [0.29, 0.717) is 11.4 Å². The Kier molecular flexibility index (Phi) is 6.17. The molecule has 25 heavy (non-hydrogen) atoms. The lowest BCUT2D eigenvalue weighted by Gasteiger charge is -2.24. The highest BCUT2D eigenvalue weighted by Gasteiger charge is 2.23. The number of carbonyl (C=O) groups is 1. The molecule has 0 aliphatic carbocycles. The largest absolute Gasteiger partial charge is 0.497 e. The molecule has 0 spiro atoms. The Labute approximate surface area is 148 Å². The third-order valence-corrected chi connectivity index (χ3v) is 4.99. The molecular weight excluding hydrogens is 340 g/mol. The Bertz CT molecular complexity index is 822. The van der Waals surface area contributed by atoms with Gasteiger partial charge in [-0.25, -0.2) is 8.42 Å². The van der Waals surface area contributed by atoms with Gasteiger partial charge in [0.2, 0.25) is 15.9 Å². The van der Waals surface area contributed by atoms with Crippen molar-refractivity contribution < 1.29 is 17.9 Å². The first-order chi connectivity index (χ1) is 11.8. The van der Waals surface area contributed by atoms with Crippen LogP contribution in [0.5, 0.6) is 5.75 Å². The summed E-state index contributed by atoms with van der Waals surface area (Å²) in [6, 6.07) is 16.2. The maximum absolute atomic E-state index is 12.6. The highest BCUT2D eigenvalue weighted by Crippen LogP contribution is 2.20. The minimum atomic E-state index is -3.53. The Hall–Kier alpha value is -2.38. The van der Waals surface area contributed by atoms with Gasteiger partial charge in [0.25, 0.3) is 0 Å². The van der Waals surface area contributed by atoms with Crippen molar-refractivity contribution in [3.8, 4) is 5.75 Å². The lowest BCUT2D eigenvalue weighted by Crippen LogP contribution is -2.40. The van der Waals surface area contributed by atoms with Gasteiger partial charge in [-0.15, -0.1) is 0 Å². The maximum Gasteiger partial charge on any atom is 0.242 e. The molecule has 0 saturated heterocycles. The molecule has 0 saturated carbocycles. The molecule has 134 valence electrons. The van der Waals surface area contributed by atoms with Crippen molar-refractivity contribution in [2.75, 3.05) is 31.9 Å². The number of carbonyl (C=O) groups excluding carboxylic acids is 1. The van der Waals surface area contributed by atoms with E-state index in [-0.39, 0.29) is 19.0 Å². The van der Waals surface area contributed by atoms with E-state index >= 15 is 0 Å². The van der Waals surface area contributed by atoms with Gasteiger partial charge in [-0.3, -0.25) is 4.79 Å². The zero-order valence-corrected chi connectivity index (χ0v) is 15.4. The number of amides is 1. The predicted octanol–water partition coefficient (Wildman–Crippen LogP) is 2.12. The van der Waals surface area contributed by atoms with E-state index in [4.69, 9.17) is 4.74 Å². The lowest BCUT2D eigenvalue weighted by atomic mass is 10.2. The number of rotatable bonds is 7. The molecule has 0 atom stereocenters. The second-order valence-electron chi connectivity index (χ2n) is 5.67. The Morgan fingerprint density at radius 3 is 2.36 bits per heavy atom. The minimum absolute atomic E-state index is 0.150. The zero-order chi connectivity index (χ0) is 18.4. The summed E-state index contributed by atoms with van der Waals surface area (Å²) in [5.41, 5.74) is 1.46. The first kappa shape index (κ1) is 19.0. The van der Waals surface area contributed by atoms with Crippen LogP contribution < -0.4 is 9.64 Å². The summed E-state index contributed by atoms with van der Waals surface area (Å²) in [5, 5.41) is 0. The number of hydrogen-bond acceptors (Lipinski definition) is 4. The average molecular weight is 362 g/mol. The van der Waals surface area contributed by atoms with E-state index in [1.165, 1.54) is 9.21 Å². The Balaban J connectivity index is 2.16. The van der Waals surface area contributed by atoms with E-state index in [0.717, 1.165) is 11.8 Å². The SMILES string of the molecule is COc1cccc(N(C)C(=O)CN(Cc2ccccc2)S(C)(=O)=O)c1. The van der Waals surface area contributed by atoms with Gasteiger partial charge in [-0.1, -0.05) is 36.4 Å². The minimum Gasteiger partial charge on any atom is -0.497 e. The van der Waals surface area contributed by atoms with Gasteiger partial charge in [0.15, 0.2) is 0 Å². The van der Waals surface area contributed by atoms with Gasteiger partial charge in [-0.2, -0.15) is 4.31 Å². The number of likely N-dealkylation sites (N-methyl/N-ethyl adjacent to an activating group) is 1. The van der Waals surface area contributed by atoms with Crippen LogP contribution in [0.1, 0.15) is 5.56 Å². The van der Waals surface area contributed by atoms with Gasteiger partial charge < -0.3 is 9.64 Å². The Morgan fingerprint density at radius 2 is 1.76 bits per heavy atom. The normalized spacial score (nSPS) is 11.4. The fourth-order valence-corrected chi connectivity index (χ4v) is 3.03. The fraction of sp³-hybridized carbons (Fsp3) is 0.278. The molecule has 2 aromatic rings. The molecule has 0 radical (unpaired) electrons. The summed E-state index contributed by atoms with van der Waals surface area (Å²) in [7, 11) is -0.367. The third-order valence-electron chi connectivity index (χ3n) is 3.80. The third kappa shape index (κ3) is 5.30. The predicted molar refractivity (Wildman–Crippen MR) is 98.1 cm³/mol. The molecule has 0 aliphatic heterocycles. The molecule has 0 bridgehead atoms. The zero-order valence-electron chi connectivity index (χ0n) is 14.5. The van der Waals surface area contributed by atoms with Crippen molar-refractivity contribution in [2.45, 2.75) is 6.54 Å². The van der Waals surface area contributed by atoms with Crippen LogP contribution in [0.2, 0.25) is 0 Å². The molecule has 2 rings (SSSR count). The van der Waals surface area contributed by atoms with Crippen LogP contribution in [0, 0.1) is 0 Å². The van der Waals surface area contributed by atoms with Crippen molar-refractivity contribution in [3.05, 3.63) is 60.2 Å². The summed E-state index contributed by atoms with van der Waals surface area (Å²) in [5.74, 6) is 0.302. The second kappa shape index (κ2) is 8.13. The topological polar surface area (TPSA) is 66.9 Å². The number of hydrogen-bond donors (Lipinski definition) is 0. The molecular formula is C18H22N2O4S. The van der Waals surface area contributed by atoms with Gasteiger partial charge in [0.05, 0.1) is 19.9 Å². The van der Waals surface area contributed by atoms with Gasteiger partial charge in [-0.05, 0) is 17.7 Å². The van der Waals surface area contributed by atoms with Gasteiger partial charge >= 0.3 is 0 Å². The number of anilines is 1. The van der Waals surface area contributed by atoms with Crippen LogP contribution in [-0.2, 0) is 21.4 Å². The van der Waals surface area contributed by atoms with Crippen LogP contribution in [0.4, 0.5) is 5.69 Å². The fourth-order valence-electron chi connectivity index (χ4n) is 2.30. The molecule has 0 heterocycles. The van der Waals surface area contributed by atoms with Crippen LogP contribution in [-0.4, -0.2) is 45.6 Å². The van der Waals surface area contributed by atoms with Crippen LogP contribution >= 0.6 is 0 Å². The van der Waals surface area contributed by atoms with E-state index in [9.17, 15) is 13.2 Å². The molecule has 2 aromatic carbocycles. The summed E-state index contributed by atoms with van der Waals surface area (Å²) < 4.78 is 30.5. The van der Waals surface area contributed by atoms with Crippen LogP contribution in [0.15, 0.2) is 54.6 Å². The highest BCUT2D eigenvalue weighted by atomic mass is 32.2. The lowest BCUT2D eigenvalue weighted by molar-refractivity contribution is -0.118. The summed E-state index contributed by atoms with van der Waals surface area (Å²) >= 11 is 0. The quantitative estimate of drug-likeness (QED) is 0.757. The standard InChI is InChI=1S/C18H22N2O4S/c1-19(16-10-7-11-17(12-16)24-2)18(21)14-20(25(3,22)23)13-15-8-5-4-6-9-15/h4-12H,13-14H2,1-3H3. The molecule has 0 fully saturated rings. The number of sulfonamides is 1. The average Bonchev–Trinajstić information content (AvgIpc) is 2.60. The van der Waals surface area contributed by atoms with E-state index in [1.54, 1.807) is 38.4 Å². The molecule has 0 aromatic heterocycles. The van der Waals surface area contributed by atoms with E-state index in [2.05, 4.69) is 0 Å². The summed E-state index contributed by atoms with van der Waals surface area (Å²) in [4.78, 5) is 14.0. The van der Waals surface area contributed by atoms with Crippen LogP contribution in [0.25, 0.3) is 0 Å². The molecule has 7 heteroatoms. The number of nitrogens with zero attached hydrogens (tertiary/aromatic N) is 2. The molecule has 0 aliphatic rings. The summed E-state index contributed by atoms with van der Waals surface area (Å²) in [6.07, 6.45) is 1.11. The molecule has 6 nitrogen and oxygen atoms in total. The van der Waals surface area contributed by atoms with E-state index in [1.807, 2.05) is 30.3 Å². The first-order valence-electron chi connectivity index (χ1n) is 7.71. The highest BCUT2D eigenvalue weighted by molar-refractivity contribution is 7.88. The van der Waals surface area contributed by atoms with Crippen LogP contribution in [0.3, 0.4) is 0 Å². The van der Waals surface area contributed by atoms with Crippen molar-refractivity contribution >= 4 is 21.6 Å². The van der Waals surface area contributed by atoms with Gasteiger partial charge in [0.1, 0.15) is 5.75 Å². The monoisotopic (exact) mass is 362 g/mol. The number of ether oxygens (including phenoxy) is 1. The molecule has 0 N–H and O–H groups in total. The molecule has 1 amide bonds. The van der Waals surface area contributed by atoms with Crippen molar-refractivity contribution in [3.63, 3.8) is 0 Å². The summed E-state index contributed by atoms with van der Waals surface area (Å²) in [6.45, 7) is -0.0845. The number of benzene rings is 2. The van der Waals surface area contributed by atoms with E-state index < -0.39 is 10.0 Å². The smallest absolute Gasteiger partial charge is 0.242 e.